The summed E-state index contributed by atoms with van der Waals surface area (Å²) in [4.78, 5) is 17.0. The second-order valence-corrected chi connectivity index (χ2v) is 6.81. The van der Waals surface area contributed by atoms with Gasteiger partial charge < -0.3 is 5.32 Å². The number of amides is 1. The molecule has 6 heteroatoms. The number of anilines is 1. The van der Waals surface area contributed by atoms with E-state index in [0.717, 1.165) is 25.8 Å². The van der Waals surface area contributed by atoms with E-state index in [2.05, 4.69) is 42.2 Å². The molecule has 0 aliphatic heterocycles. The molecule has 112 valence electrons. The van der Waals surface area contributed by atoms with Gasteiger partial charge in [-0.3, -0.25) is 9.20 Å². The topological polar surface area (TPSA) is 46.4 Å². The fourth-order valence-electron chi connectivity index (χ4n) is 2.32. The van der Waals surface area contributed by atoms with Crippen LogP contribution in [0.4, 0.5) is 5.69 Å². The molecule has 0 radical (unpaired) electrons. The normalized spacial score (nSPS) is 10.9. The molecule has 0 atom stereocenters. The maximum Gasteiger partial charge on any atom is 0.274 e. The van der Waals surface area contributed by atoms with Crippen LogP contribution in [0.1, 0.15) is 21.7 Å². The van der Waals surface area contributed by atoms with Gasteiger partial charge in [-0.05, 0) is 65.7 Å². The highest BCUT2D eigenvalue weighted by molar-refractivity contribution is 9.10. The Kier molecular flexibility index (Phi) is 4.06. The van der Waals surface area contributed by atoms with Crippen LogP contribution in [0, 0.1) is 13.8 Å². The van der Waals surface area contributed by atoms with Crippen LogP contribution < -0.4 is 5.32 Å². The highest BCUT2D eigenvalue weighted by Gasteiger charge is 2.17. The molecule has 0 aliphatic rings. The molecular formula is C16H13Br2N3O. The third-order valence-corrected chi connectivity index (χ3v) is 4.75. The zero-order valence-corrected chi connectivity index (χ0v) is 15.2. The van der Waals surface area contributed by atoms with Gasteiger partial charge in [0, 0.05) is 20.8 Å². The minimum Gasteiger partial charge on any atom is -0.321 e. The van der Waals surface area contributed by atoms with Crippen molar-refractivity contribution in [1.82, 2.24) is 9.38 Å². The Hall–Kier alpha value is -1.66. The van der Waals surface area contributed by atoms with Crippen molar-refractivity contribution in [2.24, 2.45) is 0 Å². The fourth-order valence-corrected chi connectivity index (χ4v) is 2.91. The molecule has 2 aromatic heterocycles. The van der Waals surface area contributed by atoms with Crippen molar-refractivity contribution >= 4 is 49.1 Å². The van der Waals surface area contributed by atoms with Crippen LogP contribution in [0.2, 0.25) is 0 Å². The van der Waals surface area contributed by atoms with Gasteiger partial charge in [-0.1, -0.05) is 15.9 Å². The number of benzene rings is 1. The fraction of sp³-hybridized carbons (Fsp3) is 0.125. The Labute approximate surface area is 144 Å². The molecule has 1 aromatic carbocycles. The molecule has 0 bridgehead atoms. The van der Waals surface area contributed by atoms with Gasteiger partial charge in [0.1, 0.15) is 11.3 Å². The molecule has 0 unspecified atom stereocenters. The smallest absolute Gasteiger partial charge is 0.274 e. The summed E-state index contributed by atoms with van der Waals surface area (Å²) in [6.07, 6.45) is 1.84. The van der Waals surface area contributed by atoms with Crippen molar-refractivity contribution in [2.75, 3.05) is 5.32 Å². The largest absolute Gasteiger partial charge is 0.321 e. The van der Waals surface area contributed by atoms with Gasteiger partial charge in [-0.15, -0.1) is 0 Å². The molecule has 0 aliphatic carbocycles. The molecule has 0 fully saturated rings. The number of carbonyl (C=O) groups excluding carboxylic acids is 1. The second kappa shape index (κ2) is 5.85. The summed E-state index contributed by atoms with van der Waals surface area (Å²) < 4.78 is 3.70. The van der Waals surface area contributed by atoms with Gasteiger partial charge in [-0.2, -0.15) is 0 Å². The molecule has 4 nitrogen and oxygen atoms in total. The third kappa shape index (κ3) is 2.80. The van der Waals surface area contributed by atoms with Crippen LogP contribution in [-0.2, 0) is 0 Å². The molecule has 22 heavy (non-hydrogen) atoms. The maximum atomic E-state index is 12.6. The van der Waals surface area contributed by atoms with Gasteiger partial charge >= 0.3 is 0 Å². The number of aryl methyl sites for hydroxylation is 2. The Bertz CT molecular complexity index is 886. The number of aromatic nitrogens is 2. The van der Waals surface area contributed by atoms with E-state index in [1.54, 1.807) is 4.40 Å². The summed E-state index contributed by atoms with van der Waals surface area (Å²) in [7, 11) is 0. The third-order valence-electron chi connectivity index (χ3n) is 3.39. The van der Waals surface area contributed by atoms with E-state index in [4.69, 9.17) is 0 Å². The summed E-state index contributed by atoms with van der Waals surface area (Å²) in [5.41, 5.74) is 3.81. The lowest BCUT2D eigenvalue weighted by Crippen LogP contribution is -2.15. The predicted octanol–water partition coefficient (Wildman–Crippen LogP) is 4.73. The molecule has 0 spiro atoms. The summed E-state index contributed by atoms with van der Waals surface area (Å²) in [5, 5.41) is 2.93. The number of hydrogen-bond acceptors (Lipinski definition) is 2. The number of rotatable bonds is 2. The lowest BCUT2D eigenvalue weighted by molar-refractivity contribution is 0.102. The van der Waals surface area contributed by atoms with Crippen molar-refractivity contribution in [3.63, 3.8) is 0 Å². The van der Waals surface area contributed by atoms with Crippen molar-refractivity contribution in [3.8, 4) is 0 Å². The maximum absolute atomic E-state index is 12.6. The van der Waals surface area contributed by atoms with Gasteiger partial charge in [0.15, 0.2) is 0 Å². The van der Waals surface area contributed by atoms with E-state index in [1.165, 1.54) is 0 Å². The van der Waals surface area contributed by atoms with Crippen LogP contribution in [0.15, 0.2) is 45.5 Å². The first kappa shape index (κ1) is 15.2. The molecule has 0 saturated carbocycles. The lowest BCUT2D eigenvalue weighted by Gasteiger charge is -2.08. The van der Waals surface area contributed by atoms with Crippen LogP contribution >= 0.6 is 31.9 Å². The number of nitrogens with zero attached hydrogens (tertiary/aromatic N) is 2. The van der Waals surface area contributed by atoms with Gasteiger partial charge in [0.05, 0.1) is 5.69 Å². The van der Waals surface area contributed by atoms with E-state index in [1.807, 2.05) is 50.4 Å². The number of pyridine rings is 1. The molecule has 1 N–H and O–H groups in total. The molecule has 3 aromatic rings. The van der Waals surface area contributed by atoms with Crippen molar-refractivity contribution in [2.45, 2.75) is 13.8 Å². The molecule has 3 rings (SSSR count). The highest BCUT2D eigenvalue weighted by Crippen LogP contribution is 2.22. The van der Waals surface area contributed by atoms with E-state index in [9.17, 15) is 4.79 Å². The zero-order chi connectivity index (χ0) is 15.9. The zero-order valence-electron chi connectivity index (χ0n) is 12.0. The standard InChI is InChI=1S/C16H13Br2N3O/c1-9-7-12(4-5-13(9)18)20-16(22)15-10(2)19-14-6-3-11(17)8-21(14)15/h3-8H,1-2H3,(H,20,22). The Morgan fingerprint density at radius 2 is 1.95 bits per heavy atom. The first-order valence-corrected chi connectivity index (χ1v) is 8.26. The average Bonchev–Trinajstić information content (AvgIpc) is 2.78. The number of nitrogens with one attached hydrogen (secondary N) is 1. The summed E-state index contributed by atoms with van der Waals surface area (Å²) in [6.45, 7) is 3.82. The van der Waals surface area contributed by atoms with E-state index in [0.29, 0.717) is 11.4 Å². The number of halogens is 2. The minimum absolute atomic E-state index is 0.176. The van der Waals surface area contributed by atoms with E-state index >= 15 is 0 Å². The molecule has 1 amide bonds. The lowest BCUT2D eigenvalue weighted by atomic mass is 10.2. The van der Waals surface area contributed by atoms with Crippen molar-refractivity contribution in [1.29, 1.82) is 0 Å². The number of hydrogen-bond donors (Lipinski definition) is 1. The highest BCUT2D eigenvalue weighted by atomic mass is 79.9. The Morgan fingerprint density at radius 1 is 1.18 bits per heavy atom. The van der Waals surface area contributed by atoms with Crippen molar-refractivity contribution in [3.05, 3.63) is 62.4 Å². The van der Waals surface area contributed by atoms with Crippen LogP contribution in [0.5, 0.6) is 0 Å². The van der Waals surface area contributed by atoms with Gasteiger partial charge in [0.2, 0.25) is 0 Å². The Balaban J connectivity index is 2.00. The number of fused-ring (bicyclic) bond motifs is 1. The molecular weight excluding hydrogens is 410 g/mol. The number of carbonyl (C=O) groups is 1. The van der Waals surface area contributed by atoms with Crippen LogP contribution in [0.3, 0.4) is 0 Å². The second-order valence-electron chi connectivity index (χ2n) is 5.04. The van der Waals surface area contributed by atoms with E-state index < -0.39 is 0 Å². The summed E-state index contributed by atoms with van der Waals surface area (Å²) >= 11 is 6.88. The number of imidazole rings is 1. The summed E-state index contributed by atoms with van der Waals surface area (Å²) in [5.74, 6) is -0.176. The first-order valence-electron chi connectivity index (χ1n) is 6.67. The van der Waals surface area contributed by atoms with Gasteiger partial charge in [0.25, 0.3) is 5.91 Å². The van der Waals surface area contributed by atoms with Crippen LogP contribution in [-0.4, -0.2) is 15.3 Å². The van der Waals surface area contributed by atoms with Crippen molar-refractivity contribution < 1.29 is 4.79 Å². The van der Waals surface area contributed by atoms with Gasteiger partial charge in [-0.25, -0.2) is 4.98 Å². The predicted molar refractivity (Wildman–Crippen MR) is 94.5 cm³/mol. The molecule has 2 heterocycles. The Morgan fingerprint density at radius 3 is 2.68 bits per heavy atom. The van der Waals surface area contributed by atoms with Crippen LogP contribution in [0.25, 0.3) is 5.65 Å². The minimum atomic E-state index is -0.176. The first-order chi connectivity index (χ1) is 10.5. The summed E-state index contributed by atoms with van der Waals surface area (Å²) in [6, 6.07) is 9.49. The SMILES string of the molecule is Cc1cc(NC(=O)c2c(C)nc3ccc(Br)cn23)ccc1Br. The van der Waals surface area contributed by atoms with E-state index in [-0.39, 0.29) is 5.91 Å². The molecule has 0 saturated heterocycles. The quantitative estimate of drug-likeness (QED) is 0.648. The average molecular weight is 423 g/mol. The monoisotopic (exact) mass is 421 g/mol.